The lowest BCUT2D eigenvalue weighted by molar-refractivity contribution is 0.636. The molecule has 6 N–H and O–H groups in total. The summed E-state index contributed by atoms with van der Waals surface area (Å²) in [5, 5.41) is 0. The number of hydrogen-bond donors (Lipinski definition) is 3. The van der Waals surface area contributed by atoms with Crippen LogP contribution in [0.2, 0.25) is 0 Å². The highest BCUT2D eigenvalue weighted by molar-refractivity contribution is 5.58. The third-order valence-corrected chi connectivity index (χ3v) is 2.00. The molecule has 13 heavy (non-hydrogen) atoms. The van der Waals surface area contributed by atoms with Crippen LogP contribution >= 0.6 is 0 Å². The van der Waals surface area contributed by atoms with E-state index in [1.807, 2.05) is 0 Å². The van der Waals surface area contributed by atoms with E-state index in [4.69, 9.17) is 17.2 Å². The number of rotatable bonds is 3. The number of aromatic nitrogens is 1. The van der Waals surface area contributed by atoms with Crippen molar-refractivity contribution in [2.24, 2.45) is 5.73 Å². The van der Waals surface area contributed by atoms with Gasteiger partial charge in [0.15, 0.2) is 0 Å². The van der Waals surface area contributed by atoms with Gasteiger partial charge in [0.2, 0.25) is 0 Å². The van der Waals surface area contributed by atoms with Crippen molar-refractivity contribution in [2.75, 3.05) is 11.5 Å². The van der Waals surface area contributed by atoms with Crippen LogP contribution in [0.25, 0.3) is 0 Å². The third kappa shape index (κ3) is 2.32. The average molecular weight is 180 g/mol. The molecule has 4 heteroatoms. The summed E-state index contributed by atoms with van der Waals surface area (Å²) < 4.78 is 0. The fourth-order valence-electron chi connectivity index (χ4n) is 1.19. The normalized spacial score (nSPS) is 12.8. The van der Waals surface area contributed by atoms with Gasteiger partial charge in [-0.05, 0) is 18.1 Å². The van der Waals surface area contributed by atoms with Gasteiger partial charge in [0, 0.05) is 12.2 Å². The smallest absolute Gasteiger partial charge is 0.146 e. The summed E-state index contributed by atoms with van der Waals surface area (Å²) in [5.74, 6) is 0.368. The summed E-state index contributed by atoms with van der Waals surface area (Å²) in [6.07, 6.45) is 3.67. The molecular formula is C9H16N4. The summed E-state index contributed by atoms with van der Waals surface area (Å²) in [4.78, 5) is 3.95. The fraction of sp³-hybridized carbons (Fsp3) is 0.444. The van der Waals surface area contributed by atoms with Crippen molar-refractivity contribution in [3.63, 3.8) is 0 Å². The lowest BCUT2D eigenvalue weighted by atomic mass is 10.1. The highest BCUT2D eigenvalue weighted by Gasteiger charge is 2.06. The van der Waals surface area contributed by atoms with Gasteiger partial charge in [0.05, 0.1) is 5.69 Å². The molecule has 0 spiro atoms. The molecule has 1 atom stereocenters. The van der Waals surface area contributed by atoms with E-state index >= 15 is 0 Å². The van der Waals surface area contributed by atoms with Crippen molar-refractivity contribution >= 4 is 11.5 Å². The minimum absolute atomic E-state index is 0.0143. The van der Waals surface area contributed by atoms with Crippen LogP contribution in [0.15, 0.2) is 12.3 Å². The lowest BCUT2D eigenvalue weighted by Crippen LogP contribution is -2.11. The molecule has 0 radical (unpaired) electrons. The molecule has 0 bridgehead atoms. The second-order valence-electron chi connectivity index (χ2n) is 3.14. The maximum absolute atomic E-state index is 5.89. The van der Waals surface area contributed by atoms with E-state index in [-0.39, 0.29) is 6.04 Å². The van der Waals surface area contributed by atoms with Gasteiger partial charge in [-0.15, -0.1) is 0 Å². The number of nitrogens with zero attached hydrogens (tertiary/aromatic N) is 1. The minimum Gasteiger partial charge on any atom is -0.396 e. The first kappa shape index (κ1) is 9.80. The van der Waals surface area contributed by atoms with Gasteiger partial charge >= 0.3 is 0 Å². The molecule has 1 unspecified atom stereocenters. The van der Waals surface area contributed by atoms with E-state index in [0.29, 0.717) is 11.5 Å². The van der Waals surface area contributed by atoms with Crippen LogP contribution in [0.5, 0.6) is 0 Å². The largest absolute Gasteiger partial charge is 0.396 e. The summed E-state index contributed by atoms with van der Waals surface area (Å²) >= 11 is 0. The quantitative estimate of drug-likeness (QED) is 0.648. The molecule has 72 valence electrons. The van der Waals surface area contributed by atoms with Crippen molar-refractivity contribution in [2.45, 2.75) is 25.8 Å². The number of anilines is 2. The van der Waals surface area contributed by atoms with E-state index in [1.54, 1.807) is 12.3 Å². The Hall–Kier alpha value is -1.29. The zero-order chi connectivity index (χ0) is 9.84. The summed E-state index contributed by atoms with van der Waals surface area (Å²) in [6, 6.07) is 1.81. The molecule has 0 amide bonds. The predicted octanol–water partition coefficient (Wildman–Crippen LogP) is 1.05. The Balaban J connectivity index is 2.84. The van der Waals surface area contributed by atoms with E-state index in [2.05, 4.69) is 11.9 Å². The standard InChI is InChI=1S/C9H16N4/c1-2-3-7(10)6-4-8(11)9(12)13-5-6/h4-5,7H,2-3,10-11H2,1H3,(H2,12,13). The Labute approximate surface area is 78.1 Å². The molecule has 1 rings (SSSR count). The predicted molar refractivity (Wildman–Crippen MR) is 54.9 cm³/mol. The first-order valence-corrected chi connectivity index (χ1v) is 4.41. The van der Waals surface area contributed by atoms with Gasteiger partial charge < -0.3 is 17.2 Å². The molecular weight excluding hydrogens is 164 g/mol. The minimum atomic E-state index is 0.0143. The van der Waals surface area contributed by atoms with Crippen LogP contribution < -0.4 is 17.2 Å². The number of nitrogens with two attached hydrogens (primary N) is 3. The monoisotopic (exact) mass is 180 g/mol. The molecule has 1 aromatic heterocycles. The molecule has 0 aliphatic rings. The Morgan fingerprint density at radius 1 is 1.46 bits per heavy atom. The van der Waals surface area contributed by atoms with E-state index in [0.717, 1.165) is 18.4 Å². The fourth-order valence-corrected chi connectivity index (χ4v) is 1.19. The molecule has 0 aliphatic heterocycles. The molecule has 1 heterocycles. The van der Waals surface area contributed by atoms with Gasteiger partial charge in [-0.3, -0.25) is 0 Å². The van der Waals surface area contributed by atoms with Crippen LogP contribution in [0.3, 0.4) is 0 Å². The highest BCUT2D eigenvalue weighted by Crippen LogP contribution is 2.19. The van der Waals surface area contributed by atoms with E-state index in [9.17, 15) is 0 Å². The Morgan fingerprint density at radius 3 is 2.69 bits per heavy atom. The first-order valence-electron chi connectivity index (χ1n) is 4.41. The van der Waals surface area contributed by atoms with Crippen LogP contribution in [0.4, 0.5) is 11.5 Å². The van der Waals surface area contributed by atoms with Crippen LogP contribution in [-0.4, -0.2) is 4.98 Å². The number of nitrogen functional groups attached to an aromatic ring is 2. The zero-order valence-corrected chi connectivity index (χ0v) is 7.83. The van der Waals surface area contributed by atoms with Crippen molar-refractivity contribution in [3.8, 4) is 0 Å². The zero-order valence-electron chi connectivity index (χ0n) is 7.83. The maximum atomic E-state index is 5.89. The van der Waals surface area contributed by atoms with Crippen molar-refractivity contribution in [3.05, 3.63) is 17.8 Å². The highest BCUT2D eigenvalue weighted by atomic mass is 14.9. The van der Waals surface area contributed by atoms with Gasteiger partial charge in [-0.1, -0.05) is 13.3 Å². The summed E-state index contributed by atoms with van der Waals surface area (Å²) in [5.41, 5.74) is 18.4. The first-order chi connectivity index (χ1) is 6.15. The van der Waals surface area contributed by atoms with Gasteiger partial charge in [0.25, 0.3) is 0 Å². The van der Waals surface area contributed by atoms with Crippen LogP contribution in [0.1, 0.15) is 31.4 Å². The second kappa shape index (κ2) is 4.09. The molecule has 0 aliphatic carbocycles. The van der Waals surface area contributed by atoms with Gasteiger partial charge in [-0.2, -0.15) is 0 Å². The molecule has 0 saturated carbocycles. The molecule has 0 fully saturated rings. The Morgan fingerprint density at radius 2 is 2.15 bits per heavy atom. The molecule has 0 aromatic carbocycles. The Bertz CT molecular complexity index is 285. The van der Waals surface area contributed by atoms with Gasteiger partial charge in [-0.25, -0.2) is 4.98 Å². The van der Waals surface area contributed by atoms with Crippen LogP contribution in [-0.2, 0) is 0 Å². The van der Waals surface area contributed by atoms with E-state index in [1.165, 1.54) is 0 Å². The lowest BCUT2D eigenvalue weighted by Gasteiger charge is -2.11. The molecule has 1 aromatic rings. The molecule has 0 saturated heterocycles. The number of pyridine rings is 1. The topological polar surface area (TPSA) is 90.9 Å². The van der Waals surface area contributed by atoms with Crippen molar-refractivity contribution in [1.29, 1.82) is 0 Å². The van der Waals surface area contributed by atoms with Crippen molar-refractivity contribution < 1.29 is 0 Å². The second-order valence-corrected chi connectivity index (χ2v) is 3.14. The third-order valence-electron chi connectivity index (χ3n) is 2.00. The summed E-state index contributed by atoms with van der Waals surface area (Å²) in [6.45, 7) is 2.09. The molecule has 4 nitrogen and oxygen atoms in total. The SMILES string of the molecule is CCCC(N)c1cnc(N)c(N)c1. The average Bonchev–Trinajstić information content (AvgIpc) is 2.10. The Kier molecular flexibility index (Phi) is 3.08. The summed E-state index contributed by atoms with van der Waals surface area (Å²) in [7, 11) is 0. The van der Waals surface area contributed by atoms with E-state index < -0.39 is 0 Å². The van der Waals surface area contributed by atoms with Crippen LogP contribution in [0, 0.1) is 0 Å². The maximum Gasteiger partial charge on any atom is 0.146 e. The van der Waals surface area contributed by atoms with Crippen molar-refractivity contribution in [1.82, 2.24) is 4.98 Å². The van der Waals surface area contributed by atoms with Gasteiger partial charge in [0.1, 0.15) is 5.82 Å². The number of hydrogen-bond acceptors (Lipinski definition) is 4.